The van der Waals surface area contributed by atoms with Crippen molar-refractivity contribution in [2.45, 2.75) is 26.4 Å². The zero-order chi connectivity index (χ0) is 12.4. The summed E-state index contributed by atoms with van der Waals surface area (Å²) in [4.78, 5) is 0. The van der Waals surface area contributed by atoms with Gasteiger partial charge in [0.1, 0.15) is 23.4 Å². The van der Waals surface area contributed by atoms with Gasteiger partial charge in [0.25, 0.3) is 0 Å². The van der Waals surface area contributed by atoms with Gasteiger partial charge in [-0.3, -0.25) is 0 Å². The molecule has 2 rings (SSSR count). The van der Waals surface area contributed by atoms with Gasteiger partial charge in [0.05, 0.1) is 5.56 Å². The third kappa shape index (κ3) is 2.24. The molecule has 2 nitrogen and oxygen atoms in total. The van der Waals surface area contributed by atoms with Gasteiger partial charge in [-0.2, -0.15) is 0 Å². The molecule has 0 spiro atoms. The minimum absolute atomic E-state index is 0.308. The first-order valence-electron chi connectivity index (χ1n) is 5.66. The zero-order valence-electron chi connectivity index (χ0n) is 9.90. The summed E-state index contributed by atoms with van der Waals surface area (Å²) in [6.45, 7) is 3.69. The molecule has 0 aliphatic carbocycles. The third-order valence-corrected chi connectivity index (χ3v) is 2.81. The number of furan rings is 1. The second-order valence-electron chi connectivity index (χ2n) is 4.06. The van der Waals surface area contributed by atoms with Crippen LogP contribution in [0.25, 0.3) is 11.3 Å². The van der Waals surface area contributed by atoms with Crippen molar-refractivity contribution in [2.75, 3.05) is 0 Å². The van der Waals surface area contributed by atoms with E-state index in [1.165, 1.54) is 6.07 Å². The lowest BCUT2D eigenvalue weighted by molar-refractivity contribution is 0.146. The topological polar surface area (TPSA) is 33.4 Å². The fourth-order valence-corrected chi connectivity index (χ4v) is 1.81. The van der Waals surface area contributed by atoms with E-state index in [2.05, 4.69) is 0 Å². The second kappa shape index (κ2) is 4.72. The van der Waals surface area contributed by atoms with Crippen LogP contribution in [0.2, 0.25) is 0 Å². The van der Waals surface area contributed by atoms with Crippen molar-refractivity contribution in [1.29, 1.82) is 0 Å². The molecule has 0 saturated heterocycles. The average molecular weight is 234 g/mol. The number of aryl methyl sites for hydroxylation is 1. The van der Waals surface area contributed by atoms with E-state index in [9.17, 15) is 9.50 Å². The fourth-order valence-electron chi connectivity index (χ4n) is 1.81. The summed E-state index contributed by atoms with van der Waals surface area (Å²) in [5, 5.41) is 9.64. The van der Waals surface area contributed by atoms with E-state index in [1.807, 2.05) is 19.9 Å². The molecule has 0 radical (unpaired) electrons. The highest BCUT2D eigenvalue weighted by Crippen LogP contribution is 2.30. The van der Waals surface area contributed by atoms with E-state index in [-0.39, 0.29) is 5.82 Å². The maximum Gasteiger partial charge on any atom is 0.137 e. The summed E-state index contributed by atoms with van der Waals surface area (Å²) in [6.07, 6.45) is -0.0562. The Bertz CT molecular complexity index is 496. The van der Waals surface area contributed by atoms with Crippen molar-refractivity contribution in [3.8, 4) is 11.3 Å². The number of hydrogen-bond acceptors (Lipinski definition) is 2. The van der Waals surface area contributed by atoms with Gasteiger partial charge in [-0.05, 0) is 37.1 Å². The Balaban J connectivity index is 2.44. The predicted octanol–water partition coefficient (Wildman–Crippen LogP) is 3.84. The Hall–Kier alpha value is -1.61. The molecule has 0 aliphatic rings. The van der Waals surface area contributed by atoms with Crippen LogP contribution in [0.1, 0.15) is 30.8 Å². The van der Waals surface area contributed by atoms with Gasteiger partial charge in [0.15, 0.2) is 0 Å². The molecule has 0 aliphatic heterocycles. The summed E-state index contributed by atoms with van der Waals surface area (Å²) in [5.74, 6) is 0.630. The Kier molecular flexibility index (Phi) is 3.29. The smallest absolute Gasteiger partial charge is 0.137 e. The minimum atomic E-state index is -0.629. The molecule has 1 aromatic heterocycles. The molecule has 0 saturated carbocycles. The largest absolute Gasteiger partial charge is 0.458 e. The van der Waals surface area contributed by atoms with Crippen molar-refractivity contribution in [2.24, 2.45) is 0 Å². The van der Waals surface area contributed by atoms with Crippen LogP contribution < -0.4 is 0 Å². The molecule has 1 N–H and O–H groups in total. The quantitative estimate of drug-likeness (QED) is 0.875. The number of aliphatic hydroxyl groups is 1. The molecule has 3 heteroatoms. The highest BCUT2D eigenvalue weighted by molar-refractivity contribution is 5.62. The SMILES string of the molecule is CCC(O)c1ccc(-c2c(C)cccc2F)o1. The molecule has 0 fully saturated rings. The Morgan fingerprint density at radius 1 is 1.29 bits per heavy atom. The number of benzene rings is 1. The van der Waals surface area contributed by atoms with Crippen LogP contribution in [-0.2, 0) is 0 Å². The normalized spacial score (nSPS) is 12.7. The van der Waals surface area contributed by atoms with Gasteiger partial charge >= 0.3 is 0 Å². The number of halogens is 1. The van der Waals surface area contributed by atoms with Crippen molar-refractivity contribution >= 4 is 0 Å². The molecule has 1 heterocycles. The minimum Gasteiger partial charge on any atom is -0.458 e. The van der Waals surface area contributed by atoms with E-state index in [0.717, 1.165) is 5.56 Å². The van der Waals surface area contributed by atoms with Gasteiger partial charge in [-0.25, -0.2) is 4.39 Å². The van der Waals surface area contributed by atoms with Gasteiger partial charge in [-0.15, -0.1) is 0 Å². The number of aliphatic hydroxyl groups excluding tert-OH is 1. The van der Waals surface area contributed by atoms with Crippen LogP contribution in [0.4, 0.5) is 4.39 Å². The zero-order valence-corrected chi connectivity index (χ0v) is 9.90. The highest BCUT2D eigenvalue weighted by atomic mass is 19.1. The van der Waals surface area contributed by atoms with Crippen molar-refractivity contribution in [3.05, 3.63) is 47.5 Å². The maximum atomic E-state index is 13.7. The van der Waals surface area contributed by atoms with Crippen molar-refractivity contribution < 1.29 is 13.9 Å². The lowest BCUT2D eigenvalue weighted by atomic mass is 10.1. The van der Waals surface area contributed by atoms with Crippen LogP contribution in [0.5, 0.6) is 0 Å². The molecule has 90 valence electrons. The van der Waals surface area contributed by atoms with E-state index < -0.39 is 6.10 Å². The Morgan fingerprint density at radius 3 is 2.71 bits per heavy atom. The fraction of sp³-hybridized carbons (Fsp3) is 0.286. The molecule has 0 bridgehead atoms. The van der Waals surface area contributed by atoms with E-state index in [0.29, 0.717) is 23.5 Å². The molecular formula is C14H15FO2. The van der Waals surface area contributed by atoms with Crippen LogP contribution in [-0.4, -0.2) is 5.11 Å². The molecule has 1 atom stereocenters. The molecule has 1 aromatic carbocycles. The van der Waals surface area contributed by atoms with Crippen molar-refractivity contribution in [3.63, 3.8) is 0 Å². The lowest BCUT2D eigenvalue weighted by Crippen LogP contribution is -1.91. The number of hydrogen-bond donors (Lipinski definition) is 1. The lowest BCUT2D eigenvalue weighted by Gasteiger charge is -2.05. The van der Waals surface area contributed by atoms with Gasteiger partial charge in [0.2, 0.25) is 0 Å². The van der Waals surface area contributed by atoms with Crippen LogP contribution in [0.15, 0.2) is 34.7 Å². The standard InChI is InChI=1S/C14H15FO2/c1-3-11(16)12-7-8-13(17-12)14-9(2)5-4-6-10(14)15/h4-8,11,16H,3H2,1-2H3. The van der Waals surface area contributed by atoms with E-state index in [4.69, 9.17) is 4.42 Å². The Labute approximate surface area is 99.7 Å². The van der Waals surface area contributed by atoms with E-state index in [1.54, 1.807) is 18.2 Å². The van der Waals surface area contributed by atoms with Gasteiger partial charge in [-0.1, -0.05) is 19.1 Å². The highest BCUT2D eigenvalue weighted by Gasteiger charge is 2.15. The van der Waals surface area contributed by atoms with Crippen molar-refractivity contribution in [1.82, 2.24) is 0 Å². The third-order valence-electron chi connectivity index (χ3n) is 2.81. The summed E-state index contributed by atoms with van der Waals surface area (Å²) in [6, 6.07) is 8.28. The van der Waals surface area contributed by atoms with Crippen LogP contribution >= 0.6 is 0 Å². The first-order valence-corrected chi connectivity index (χ1v) is 5.66. The van der Waals surface area contributed by atoms with Gasteiger partial charge < -0.3 is 9.52 Å². The predicted molar refractivity (Wildman–Crippen MR) is 64.1 cm³/mol. The molecule has 1 unspecified atom stereocenters. The maximum absolute atomic E-state index is 13.7. The summed E-state index contributed by atoms with van der Waals surface area (Å²) in [7, 11) is 0. The molecule has 17 heavy (non-hydrogen) atoms. The summed E-state index contributed by atoms with van der Waals surface area (Å²) >= 11 is 0. The monoisotopic (exact) mass is 234 g/mol. The molecule has 0 amide bonds. The second-order valence-corrected chi connectivity index (χ2v) is 4.06. The van der Waals surface area contributed by atoms with Crippen LogP contribution in [0, 0.1) is 12.7 Å². The molecule has 2 aromatic rings. The number of rotatable bonds is 3. The van der Waals surface area contributed by atoms with E-state index >= 15 is 0 Å². The summed E-state index contributed by atoms with van der Waals surface area (Å²) < 4.78 is 19.2. The van der Waals surface area contributed by atoms with Gasteiger partial charge in [0, 0.05) is 0 Å². The first kappa shape index (κ1) is 11.9. The first-order chi connectivity index (χ1) is 8.13. The van der Waals surface area contributed by atoms with Crippen LogP contribution in [0.3, 0.4) is 0 Å². The molecular weight excluding hydrogens is 219 g/mol. The summed E-state index contributed by atoms with van der Waals surface area (Å²) in [5.41, 5.74) is 1.28. The Morgan fingerprint density at radius 2 is 2.06 bits per heavy atom. The average Bonchev–Trinajstić information content (AvgIpc) is 2.77.